The Bertz CT molecular complexity index is 476. The minimum atomic E-state index is 0.369. The van der Waals surface area contributed by atoms with E-state index in [9.17, 15) is 0 Å². The number of nitrogens with one attached hydrogen (secondary N) is 2. The first-order valence-corrected chi connectivity index (χ1v) is 6.72. The van der Waals surface area contributed by atoms with E-state index in [1.165, 1.54) is 0 Å². The third-order valence-corrected chi connectivity index (χ3v) is 3.98. The molecule has 1 fully saturated rings. The summed E-state index contributed by atoms with van der Waals surface area (Å²) >= 11 is 1.70. The molecule has 0 aliphatic carbocycles. The number of hydrogen-bond donors (Lipinski definition) is 2. The van der Waals surface area contributed by atoms with Crippen LogP contribution in [-0.4, -0.2) is 41.5 Å². The lowest BCUT2D eigenvalue weighted by atomic mass is 10.2. The maximum Gasteiger partial charge on any atom is 0.139 e. The van der Waals surface area contributed by atoms with Gasteiger partial charge in [0.25, 0.3) is 0 Å². The van der Waals surface area contributed by atoms with Crippen LogP contribution >= 0.6 is 11.3 Å². The van der Waals surface area contributed by atoms with E-state index in [-0.39, 0.29) is 0 Å². The number of aromatic nitrogens is 2. The van der Waals surface area contributed by atoms with Crippen LogP contribution in [0.2, 0.25) is 0 Å². The molecule has 2 N–H and O–H groups in total. The second-order valence-electron chi connectivity index (χ2n) is 4.43. The first-order chi connectivity index (χ1) is 8.33. The van der Waals surface area contributed by atoms with Gasteiger partial charge in [-0.05, 0) is 19.2 Å². The van der Waals surface area contributed by atoms with E-state index >= 15 is 0 Å². The molecule has 1 aliphatic heterocycles. The van der Waals surface area contributed by atoms with Crippen LogP contribution in [0.25, 0.3) is 10.7 Å². The number of rotatable bonds is 2. The number of piperazine rings is 1. The maximum absolute atomic E-state index is 4.71. The Balaban J connectivity index is 1.80. The van der Waals surface area contributed by atoms with Crippen molar-refractivity contribution < 1.29 is 0 Å². The highest BCUT2D eigenvalue weighted by Gasteiger charge is 2.20. The van der Waals surface area contributed by atoms with Crippen LogP contribution in [0.5, 0.6) is 0 Å². The highest BCUT2D eigenvalue weighted by molar-refractivity contribution is 7.13. The molecule has 2 aromatic rings. The average molecular weight is 248 g/mol. The van der Waals surface area contributed by atoms with Gasteiger partial charge in [0, 0.05) is 31.2 Å². The van der Waals surface area contributed by atoms with Gasteiger partial charge in [-0.2, -0.15) is 0 Å². The van der Waals surface area contributed by atoms with Crippen molar-refractivity contribution in [2.24, 2.45) is 0 Å². The van der Waals surface area contributed by atoms with Gasteiger partial charge in [-0.1, -0.05) is 0 Å². The zero-order valence-electron chi connectivity index (χ0n) is 9.81. The van der Waals surface area contributed by atoms with Gasteiger partial charge in [0.05, 0.1) is 17.4 Å². The topological polar surface area (TPSA) is 44.0 Å². The average Bonchev–Trinajstić information content (AvgIpc) is 3.00. The molecular weight excluding hydrogens is 232 g/mol. The summed E-state index contributed by atoms with van der Waals surface area (Å²) in [4.78, 5) is 10.2. The third-order valence-electron chi connectivity index (χ3n) is 3.09. The summed E-state index contributed by atoms with van der Waals surface area (Å²) in [7, 11) is 2.16. The molecule has 3 heterocycles. The lowest BCUT2D eigenvalue weighted by Gasteiger charge is -2.29. The minimum absolute atomic E-state index is 0.369. The first-order valence-electron chi connectivity index (χ1n) is 5.84. The maximum atomic E-state index is 4.71. The van der Waals surface area contributed by atoms with E-state index in [4.69, 9.17) is 4.98 Å². The predicted molar refractivity (Wildman–Crippen MR) is 70.1 cm³/mol. The Labute approximate surface area is 105 Å². The Hall–Kier alpha value is -1.17. The van der Waals surface area contributed by atoms with Gasteiger partial charge in [0.15, 0.2) is 0 Å². The van der Waals surface area contributed by atoms with Crippen LogP contribution < -0.4 is 5.32 Å². The highest BCUT2D eigenvalue weighted by Crippen LogP contribution is 2.25. The lowest BCUT2D eigenvalue weighted by molar-refractivity contribution is 0.238. The molecule has 17 heavy (non-hydrogen) atoms. The van der Waals surface area contributed by atoms with E-state index < -0.39 is 0 Å². The summed E-state index contributed by atoms with van der Waals surface area (Å²) < 4.78 is 0. The van der Waals surface area contributed by atoms with Crippen molar-refractivity contribution in [3.8, 4) is 10.7 Å². The van der Waals surface area contributed by atoms with Crippen molar-refractivity contribution in [2.45, 2.75) is 6.04 Å². The smallest absolute Gasteiger partial charge is 0.139 e. The number of thiazole rings is 1. The van der Waals surface area contributed by atoms with E-state index in [0.717, 1.165) is 36.0 Å². The normalized spacial score (nSPS) is 21.8. The Morgan fingerprint density at radius 2 is 2.47 bits per heavy atom. The van der Waals surface area contributed by atoms with E-state index in [2.05, 4.69) is 33.7 Å². The molecule has 1 aliphatic rings. The molecule has 5 heteroatoms. The minimum Gasteiger partial charge on any atom is -0.359 e. The van der Waals surface area contributed by atoms with Crippen LogP contribution in [-0.2, 0) is 0 Å². The second kappa shape index (κ2) is 4.60. The number of aromatic amines is 1. The van der Waals surface area contributed by atoms with Crippen LogP contribution in [0.1, 0.15) is 11.7 Å². The fourth-order valence-electron chi connectivity index (χ4n) is 2.13. The largest absolute Gasteiger partial charge is 0.359 e. The van der Waals surface area contributed by atoms with Crippen molar-refractivity contribution in [1.29, 1.82) is 0 Å². The molecule has 0 saturated carbocycles. The zero-order chi connectivity index (χ0) is 11.7. The lowest BCUT2D eigenvalue weighted by Crippen LogP contribution is -2.43. The summed E-state index contributed by atoms with van der Waals surface area (Å²) in [5.41, 5.74) is 2.26. The van der Waals surface area contributed by atoms with Crippen molar-refractivity contribution >= 4 is 11.3 Å². The number of nitrogens with zero attached hydrogens (tertiary/aromatic N) is 2. The highest BCUT2D eigenvalue weighted by atomic mass is 32.1. The molecular formula is C12H16N4S. The van der Waals surface area contributed by atoms with Gasteiger partial charge in [0.1, 0.15) is 5.01 Å². The van der Waals surface area contributed by atoms with Gasteiger partial charge in [-0.15, -0.1) is 11.3 Å². The first kappa shape index (κ1) is 11.0. The Morgan fingerprint density at radius 1 is 1.53 bits per heavy atom. The molecule has 0 radical (unpaired) electrons. The summed E-state index contributed by atoms with van der Waals surface area (Å²) in [5.74, 6) is 0. The van der Waals surface area contributed by atoms with Crippen LogP contribution in [0.4, 0.5) is 0 Å². The zero-order valence-corrected chi connectivity index (χ0v) is 10.6. The third kappa shape index (κ3) is 2.26. The molecule has 2 aromatic heterocycles. The van der Waals surface area contributed by atoms with Crippen molar-refractivity contribution in [1.82, 2.24) is 20.2 Å². The molecule has 4 nitrogen and oxygen atoms in total. The summed E-state index contributed by atoms with van der Waals surface area (Å²) in [5, 5.41) is 6.75. The molecule has 0 bridgehead atoms. The van der Waals surface area contributed by atoms with Gasteiger partial charge in [-0.25, -0.2) is 4.98 Å². The number of H-pyrrole nitrogens is 1. The van der Waals surface area contributed by atoms with Crippen LogP contribution in [0.15, 0.2) is 23.7 Å². The molecule has 0 aromatic carbocycles. The van der Waals surface area contributed by atoms with Crippen molar-refractivity contribution in [3.05, 3.63) is 29.4 Å². The van der Waals surface area contributed by atoms with E-state index in [1.54, 1.807) is 11.3 Å². The number of likely N-dealkylation sites (N-methyl/N-ethyl adjacent to an activating group) is 1. The molecule has 1 saturated heterocycles. The fourth-order valence-corrected chi connectivity index (χ4v) is 2.99. The van der Waals surface area contributed by atoms with E-state index in [1.807, 2.05) is 12.3 Å². The Kier molecular flexibility index (Phi) is 2.96. The monoisotopic (exact) mass is 248 g/mol. The SMILES string of the molecule is CN1CCNC(c2csc(-c3ccc[nH]3)n2)C1. The quantitative estimate of drug-likeness (QED) is 0.850. The van der Waals surface area contributed by atoms with Crippen molar-refractivity contribution in [3.63, 3.8) is 0 Å². The predicted octanol–water partition coefficient (Wildman–Crippen LogP) is 1.71. The standard InChI is InChI=1S/C12H16N4S/c1-16-6-5-14-10(7-16)11-8-17-12(15-11)9-3-2-4-13-9/h2-4,8,10,13-14H,5-7H2,1H3. The Morgan fingerprint density at radius 3 is 3.24 bits per heavy atom. The van der Waals surface area contributed by atoms with Gasteiger partial charge >= 0.3 is 0 Å². The molecule has 0 spiro atoms. The number of hydrogen-bond acceptors (Lipinski definition) is 4. The molecule has 1 atom stereocenters. The van der Waals surface area contributed by atoms with Gasteiger partial charge < -0.3 is 15.2 Å². The molecule has 1 unspecified atom stereocenters. The van der Waals surface area contributed by atoms with Crippen LogP contribution in [0, 0.1) is 0 Å². The van der Waals surface area contributed by atoms with Crippen LogP contribution in [0.3, 0.4) is 0 Å². The van der Waals surface area contributed by atoms with E-state index in [0.29, 0.717) is 6.04 Å². The fraction of sp³-hybridized carbons (Fsp3) is 0.417. The second-order valence-corrected chi connectivity index (χ2v) is 5.29. The van der Waals surface area contributed by atoms with Gasteiger partial charge in [-0.3, -0.25) is 0 Å². The van der Waals surface area contributed by atoms with Gasteiger partial charge in [0.2, 0.25) is 0 Å². The molecule has 90 valence electrons. The van der Waals surface area contributed by atoms with Crippen molar-refractivity contribution in [2.75, 3.05) is 26.7 Å². The summed E-state index contributed by atoms with van der Waals surface area (Å²) in [6.45, 7) is 3.19. The molecule has 0 amide bonds. The summed E-state index contributed by atoms with van der Waals surface area (Å²) in [6, 6.07) is 4.43. The summed E-state index contributed by atoms with van der Waals surface area (Å²) in [6.07, 6.45) is 1.93. The molecule has 3 rings (SSSR count).